The lowest BCUT2D eigenvalue weighted by atomic mass is 9.83. The van der Waals surface area contributed by atoms with Gasteiger partial charge in [0.05, 0.1) is 22.8 Å². The van der Waals surface area contributed by atoms with E-state index in [1.165, 1.54) is 19.3 Å². The van der Waals surface area contributed by atoms with Crippen LogP contribution in [-0.2, 0) is 22.1 Å². The van der Waals surface area contributed by atoms with Gasteiger partial charge in [0.2, 0.25) is 5.41 Å². The van der Waals surface area contributed by atoms with E-state index in [9.17, 15) is 33.4 Å². The monoisotopic (exact) mass is 466 g/mol. The summed E-state index contributed by atoms with van der Waals surface area (Å²) in [4.78, 5) is 40.5. The van der Waals surface area contributed by atoms with Gasteiger partial charge in [-0.05, 0) is 18.9 Å². The quantitative estimate of drug-likeness (QED) is 0.419. The number of amides is 1. The molecule has 2 aromatic heterocycles. The zero-order valence-corrected chi connectivity index (χ0v) is 17.4. The SMILES string of the molecule is Cn1cc(C(=O)NCC(C(=O)O)(C(=O)O)c2ncc(C#CC3CC3)cc2Cl)c(C(F)F)n1. The van der Waals surface area contributed by atoms with Crippen molar-refractivity contribution < 1.29 is 33.4 Å². The topological polar surface area (TPSA) is 134 Å². The fourth-order valence-corrected chi connectivity index (χ4v) is 3.24. The zero-order chi connectivity index (χ0) is 23.6. The second kappa shape index (κ2) is 8.92. The Morgan fingerprint density at radius 3 is 2.53 bits per heavy atom. The molecule has 0 radical (unpaired) electrons. The summed E-state index contributed by atoms with van der Waals surface area (Å²) >= 11 is 6.15. The third kappa shape index (κ3) is 4.55. The molecule has 0 saturated heterocycles. The number of halogens is 3. The molecule has 3 N–H and O–H groups in total. The predicted molar refractivity (Wildman–Crippen MR) is 106 cm³/mol. The number of alkyl halides is 2. The molecule has 2 heterocycles. The van der Waals surface area contributed by atoms with E-state index in [0.29, 0.717) is 5.56 Å². The van der Waals surface area contributed by atoms with Gasteiger partial charge in [0.25, 0.3) is 12.3 Å². The van der Waals surface area contributed by atoms with E-state index in [0.717, 1.165) is 23.7 Å². The molecule has 1 amide bonds. The van der Waals surface area contributed by atoms with Crippen molar-refractivity contribution in [3.63, 3.8) is 0 Å². The van der Waals surface area contributed by atoms with Gasteiger partial charge in [-0.25, -0.2) is 8.78 Å². The molecule has 0 bridgehead atoms. The number of carbonyl (C=O) groups is 3. The number of pyridine rings is 1. The maximum absolute atomic E-state index is 13.1. The highest BCUT2D eigenvalue weighted by molar-refractivity contribution is 6.32. The van der Waals surface area contributed by atoms with Crippen molar-refractivity contribution in [3.05, 3.63) is 46.0 Å². The molecular weight excluding hydrogens is 450 g/mol. The van der Waals surface area contributed by atoms with Crippen LogP contribution in [0.2, 0.25) is 5.02 Å². The van der Waals surface area contributed by atoms with Crippen LogP contribution in [-0.4, -0.2) is 49.4 Å². The smallest absolute Gasteiger partial charge is 0.329 e. The van der Waals surface area contributed by atoms with Crippen molar-refractivity contribution in [2.75, 3.05) is 6.54 Å². The van der Waals surface area contributed by atoms with Crippen LogP contribution in [0, 0.1) is 17.8 Å². The van der Waals surface area contributed by atoms with Crippen LogP contribution >= 0.6 is 11.6 Å². The Balaban J connectivity index is 1.93. The standard InChI is InChI=1S/C20H17ClF2N4O5/c1-27-8-12(14(26-27)16(22)23)17(28)25-9-20(18(29)30,19(31)32)15-13(21)6-11(7-24-15)5-4-10-2-3-10/h6-8,10,16H,2-3,9H2,1H3,(H,25,28)(H,29,30)(H,31,32). The van der Waals surface area contributed by atoms with Gasteiger partial charge < -0.3 is 15.5 Å². The van der Waals surface area contributed by atoms with Gasteiger partial charge in [0.1, 0.15) is 5.69 Å². The van der Waals surface area contributed by atoms with Crippen LogP contribution in [0.1, 0.15) is 46.6 Å². The normalized spacial score (nSPS) is 13.4. The van der Waals surface area contributed by atoms with Crippen molar-refractivity contribution in [3.8, 4) is 11.8 Å². The number of hydrogen-bond donors (Lipinski definition) is 3. The molecule has 1 aliphatic rings. The minimum Gasteiger partial charge on any atom is -0.480 e. The van der Waals surface area contributed by atoms with E-state index in [4.69, 9.17) is 11.6 Å². The Labute approximate surface area is 185 Å². The van der Waals surface area contributed by atoms with Gasteiger partial charge in [-0.3, -0.25) is 24.0 Å². The molecule has 12 heteroatoms. The van der Waals surface area contributed by atoms with Crippen LogP contribution in [0.3, 0.4) is 0 Å². The van der Waals surface area contributed by atoms with Gasteiger partial charge in [0, 0.05) is 30.9 Å². The first-order chi connectivity index (χ1) is 15.1. The minimum absolute atomic E-state index is 0.277. The number of aryl methyl sites for hydroxylation is 1. The fraction of sp³-hybridized carbons (Fsp3) is 0.350. The average Bonchev–Trinajstić information content (AvgIpc) is 3.46. The van der Waals surface area contributed by atoms with Crippen molar-refractivity contribution in [2.24, 2.45) is 13.0 Å². The van der Waals surface area contributed by atoms with E-state index in [1.807, 2.05) is 0 Å². The number of carbonyl (C=O) groups excluding carboxylic acids is 1. The summed E-state index contributed by atoms with van der Waals surface area (Å²) < 4.78 is 27.2. The highest BCUT2D eigenvalue weighted by atomic mass is 35.5. The van der Waals surface area contributed by atoms with E-state index in [1.54, 1.807) is 0 Å². The number of nitrogens with zero attached hydrogens (tertiary/aromatic N) is 3. The van der Waals surface area contributed by atoms with Crippen LogP contribution in [0.25, 0.3) is 0 Å². The first kappa shape index (κ1) is 23.1. The number of rotatable bonds is 7. The van der Waals surface area contributed by atoms with Gasteiger partial charge >= 0.3 is 11.9 Å². The van der Waals surface area contributed by atoms with E-state index >= 15 is 0 Å². The van der Waals surface area contributed by atoms with Gasteiger partial charge in [-0.2, -0.15) is 5.10 Å². The summed E-state index contributed by atoms with van der Waals surface area (Å²) in [6.45, 7) is -1.01. The molecule has 1 fully saturated rings. The highest BCUT2D eigenvalue weighted by Crippen LogP contribution is 2.31. The Morgan fingerprint density at radius 1 is 1.34 bits per heavy atom. The second-order valence-electron chi connectivity index (χ2n) is 7.20. The number of carboxylic acid groups (broad SMARTS) is 2. The first-order valence-electron chi connectivity index (χ1n) is 9.30. The number of carboxylic acids is 2. The maximum atomic E-state index is 13.1. The first-order valence-corrected chi connectivity index (χ1v) is 9.68. The Hall–Kier alpha value is -3.52. The van der Waals surface area contributed by atoms with Crippen molar-refractivity contribution in [1.82, 2.24) is 20.1 Å². The molecule has 0 spiro atoms. The summed E-state index contributed by atoms with van der Waals surface area (Å²) in [6.07, 6.45) is 1.10. The van der Waals surface area contributed by atoms with Gasteiger partial charge in [-0.15, -0.1) is 0 Å². The Kier molecular flexibility index (Phi) is 6.45. The lowest BCUT2D eigenvalue weighted by Crippen LogP contribution is -2.53. The predicted octanol–water partition coefficient (Wildman–Crippen LogP) is 2.00. The van der Waals surface area contributed by atoms with E-state index < -0.39 is 53.2 Å². The molecule has 0 aliphatic heterocycles. The molecule has 3 rings (SSSR count). The summed E-state index contributed by atoms with van der Waals surface area (Å²) in [5.74, 6) is 1.27. The maximum Gasteiger partial charge on any atom is 0.329 e. The summed E-state index contributed by atoms with van der Waals surface area (Å²) in [7, 11) is 1.32. The molecule has 2 aromatic rings. The summed E-state index contributed by atoms with van der Waals surface area (Å²) in [5.41, 5.74) is -4.27. The van der Waals surface area contributed by atoms with Crippen LogP contribution in [0.15, 0.2) is 18.5 Å². The van der Waals surface area contributed by atoms with Crippen LogP contribution in [0.4, 0.5) is 8.78 Å². The third-order valence-electron chi connectivity index (χ3n) is 4.80. The third-order valence-corrected chi connectivity index (χ3v) is 5.08. The molecule has 1 aliphatic carbocycles. The zero-order valence-electron chi connectivity index (χ0n) is 16.6. The van der Waals surface area contributed by atoms with Crippen molar-refractivity contribution >= 4 is 29.4 Å². The molecule has 1 saturated carbocycles. The van der Waals surface area contributed by atoms with E-state index in [-0.39, 0.29) is 10.9 Å². The Bertz CT molecular complexity index is 1140. The minimum atomic E-state index is -3.07. The summed E-state index contributed by atoms with van der Waals surface area (Å²) in [6, 6.07) is 1.29. The number of aromatic nitrogens is 3. The largest absolute Gasteiger partial charge is 0.480 e. The molecule has 168 valence electrons. The van der Waals surface area contributed by atoms with E-state index in [2.05, 4.69) is 27.2 Å². The second-order valence-corrected chi connectivity index (χ2v) is 7.61. The van der Waals surface area contributed by atoms with Crippen LogP contribution < -0.4 is 5.32 Å². The summed E-state index contributed by atoms with van der Waals surface area (Å²) in [5, 5.41) is 24.8. The van der Waals surface area contributed by atoms with Gasteiger partial charge in [-0.1, -0.05) is 23.4 Å². The highest BCUT2D eigenvalue weighted by Gasteiger charge is 2.51. The molecular formula is C20H17ClF2N4O5. The van der Waals surface area contributed by atoms with Crippen molar-refractivity contribution in [2.45, 2.75) is 24.7 Å². The van der Waals surface area contributed by atoms with Crippen molar-refractivity contribution in [1.29, 1.82) is 0 Å². The molecule has 9 nitrogen and oxygen atoms in total. The molecule has 32 heavy (non-hydrogen) atoms. The average molecular weight is 467 g/mol. The molecule has 0 atom stereocenters. The number of hydrogen-bond acceptors (Lipinski definition) is 5. The lowest BCUT2D eigenvalue weighted by molar-refractivity contribution is -0.157. The number of nitrogens with one attached hydrogen (secondary N) is 1. The Morgan fingerprint density at radius 2 is 2.00 bits per heavy atom. The molecule has 0 unspecified atom stereocenters. The van der Waals surface area contributed by atoms with Gasteiger partial charge in [0.15, 0.2) is 0 Å². The van der Waals surface area contributed by atoms with Crippen LogP contribution in [0.5, 0.6) is 0 Å². The molecule has 0 aromatic carbocycles. The lowest BCUT2D eigenvalue weighted by Gasteiger charge is -2.25. The number of aliphatic carboxylic acids is 2. The fourth-order valence-electron chi connectivity index (χ4n) is 2.91.